The van der Waals surface area contributed by atoms with Crippen LogP contribution in [-0.2, 0) is 0 Å². The molecule has 0 amide bonds. The van der Waals surface area contributed by atoms with E-state index in [1.807, 2.05) is 18.2 Å². The van der Waals surface area contributed by atoms with Crippen molar-refractivity contribution in [2.45, 2.75) is 32.2 Å². The van der Waals surface area contributed by atoms with Gasteiger partial charge in [0.1, 0.15) is 0 Å². The van der Waals surface area contributed by atoms with Crippen LogP contribution in [0.15, 0.2) is 24.3 Å². The highest BCUT2D eigenvalue weighted by Gasteiger charge is 1.93. The third kappa shape index (κ3) is 11.7. The highest BCUT2D eigenvalue weighted by atomic mass is 35.5. The minimum Gasteiger partial charge on any atom is -0.395 e. The summed E-state index contributed by atoms with van der Waals surface area (Å²) in [6, 6.07) is -0.110. The van der Waals surface area contributed by atoms with Crippen LogP contribution in [0, 0.1) is 0 Å². The molecule has 2 nitrogen and oxygen atoms in total. The van der Waals surface area contributed by atoms with Crippen molar-refractivity contribution >= 4 is 12.4 Å². The van der Waals surface area contributed by atoms with Gasteiger partial charge in [-0.05, 0) is 12.8 Å². The molecule has 3 N–H and O–H groups in total. The van der Waals surface area contributed by atoms with Crippen LogP contribution in [0.25, 0.3) is 0 Å². The van der Waals surface area contributed by atoms with Crippen LogP contribution in [0.5, 0.6) is 0 Å². The predicted octanol–water partition coefficient (Wildman–Crippen LogP) is 2.03. The second-order valence-electron chi connectivity index (χ2n) is 2.82. The molecule has 0 aromatic rings. The van der Waals surface area contributed by atoms with Crippen molar-refractivity contribution in [2.75, 3.05) is 6.61 Å². The molecule has 0 aliphatic rings. The Balaban J connectivity index is 0. The molecule has 1 atom stereocenters. The van der Waals surface area contributed by atoms with E-state index in [4.69, 9.17) is 10.8 Å². The number of halogens is 1. The monoisotopic (exact) mass is 205 g/mol. The topological polar surface area (TPSA) is 46.2 Å². The van der Waals surface area contributed by atoms with E-state index in [0.717, 1.165) is 12.8 Å². The van der Waals surface area contributed by atoms with Crippen molar-refractivity contribution in [2.24, 2.45) is 5.73 Å². The van der Waals surface area contributed by atoms with E-state index in [1.165, 1.54) is 6.42 Å². The van der Waals surface area contributed by atoms with Crippen molar-refractivity contribution in [1.82, 2.24) is 0 Å². The van der Waals surface area contributed by atoms with Gasteiger partial charge in [0.15, 0.2) is 0 Å². The summed E-state index contributed by atoms with van der Waals surface area (Å²) in [5.74, 6) is 0. The smallest absolute Gasteiger partial charge is 0.0585 e. The molecule has 0 saturated carbocycles. The molecule has 78 valence electrons. The van der Waals surface area contributed by atoms with Gasteiger partial charge in [0.05, 0.1) is 6.61 Å². The van der Waals surface area contributed by atoms with Crippen LogP contribution in [0.4, 0.5) is 0 Å². The van der Waals surface area contributed by atoms with Crippen molar-refractivity contribution in [3.63, 3.8) is 0 Å². The minimum absolute atomic E-state index is 0. The van der Waals surface area contributed by atoms with Crippen molar-refractivity contribution in [3.8, 4) is 0 Å². The number of aliphatic hydroxyl groups is 1. The Labute approximate surface area is 86.9 Å². The lowest BCUT2D eigenvalue weighted by Gasteiger charge is -2.00. The molecule has 0 aliphatic carbocycles. The number of rotatable bonds is 6. The first-order valence-electron chi connectivity index (χ1n) is 4.49. The second-order valence-corrected chi connectivity index (χ2v) is 2.82. The molecule has 0 saturated heterocycles. The van der Waals surface area contributed by atoms with Crippen molar-refractivity contribution in [3.05, 3.63) is 24.3 Å². The van der Waals surface area contributed by atoms with Crippen molar-refractivity contribution in [1.29, 1.82) is 0 Å². The van der Waals surface area contributed by atoms with Gasteiger partial charge in [-0.3, -0.25) is 0 Å². The summed E-state index contributed by atoms with van der Waals surface area (Å²) < 4.78 is 0. The van der Waals surface area contributed by atoms with Crippen LogP contribution in [0.3, 0.4) is 0 Å². The summed E-state index contributed by atoms with van der Waals surface area (Å²) in [5, 5.41) is 8.60. The van der Waals surface area contributed by atoms with Crippen LogP contribution in [0.1, 0.15) is 26.2 Å². The third-order valence-electron chi connectivity index (χ3n) is 1.51. The Hall–Kier alpha value is -0.310. The van der Waals surface area contributed by atoms with Crippen molar-refractivity contribution < 1.29 is 5.11 Å². The van der Waals surface area contributed by atoms with E-state index < -0.39 is 0 Å². The van der Waals surface area contributed by atoms with Gasteiger partial charge in [-0.2, -0.15) is 0 Å². The molecule has 0 heterocycles. The molecule has 0 aromatic carbocycles. The maximum atomic E-state index is 8.60. The molecule has 0 spiro atoms. The molecule has 0 rings (SSSR count). The zero-order chi connectivity index (χ0) is 9.23. The summed E-state index contributed by atoms with van der Waals surface area (Å²) >= 11 is 0. The summed E-state index contributed by atoms with van der Waals surface area (Å²) in [5.41, 5.74) is 5.49. The highest BCUT2D eigenvalue weighted by molar-refractivity contribution is 5.85. The molecule has 0 fully saturated rings. The Kier molecular flexibility index (Phi) is 13.6. The lowest BCUT2D eigenvalue weighted by atomic mass is 10.2. The van der Waals surface area contributed by atoms with Gasteiger partial charge in [0.2, 0.25) is 0 Å². The third-order valence-corrected chi connectivity index (χ3v) is 1.51. The minimum atomic E-state index is -0.110. The number of allylic oxidation sites excluding steroid dienone is 3. The Morgan fingerprint density at radius 2 is 1.92 bits per heavy atom. The van der Waals surface area contributed by atoms with Gasteiger partial charge in [-0.1, -0.05) is 37.6 Å². The van der Waals surface area contributed by atoms with Crippen LogP contribution >= 0.6 is 12.4 Å². The first-order chi connectivity index (χ1) is 5.81. The Morgan fingerprint density at radius 3 is 2.46 bits per heavy atom. The number of nitrogens with two attached hydrogens (primary N) is 1. The maximum absolute atomic E-state index is 8.60. The quantitative estimate of drug-likeness (QED) is 0.652. The zero-order valence-corrected chi connectivity index (χ0v) is 8.96. The number of hydrogen-bond donors (Lipinski definition) is 2. The first kappa shape index (κ1) is 15.2. The highest BCUT2D eigenvalue weighted by Crippen LogP contribution is 1.92. The van der Waals surface area contributed by atoms with E-state index in [1.54, 1.807) is 0 Å². The van der Waals surface area contributed by atoms with E-state index in [0.29, 0.717) is 0 Å². The predicted molar refractivity (Wildman–Crippen MR) is 60.1 cm³/mol. The molecule has 0 aromatic heterocycles. The molecular formula is C10H20ClNO. The first-order valence-corrected chi connectivity index (χ1v) is 4.49. The molecule has 3 heteroatoms. The van der Waals surface area contributed by atoms with E-state index in [9.17, 15) is 0 Å². The van der Waals surface area contributed by atoms with Gasteiger partial charge in [0.25, 0.3) is 0 Å². The summed E-state index contributed by atoms with van der Waals surface area (Å²) in [6.07, 6.45) is 11.1. The fourth-order valence-electron chi connectivity index (χ4n) is 0.748. The van der Waals surface area contributed by atoms with E-state index in [-0.39, 0.29) is 25.1 Å². The molecule has 0 radical (unpaired) electrons. The van der Waals surface area contributed by atoms with Crippen LogP contribution < -0.4 is 5.73 Å². The molecule has 0 bridgehead atoms. The van der Waals surface area contributed by atoms with Gasteiger partial charge < -0.3 is 10.8 Å². The molecule has 0 aliphatic heterocycles. The summed E-state index contributed by atoms with van der Waals surface area (Å²) in [6.45, 7) is 2.21. The average molecular weight is 206 g/mol. The lowest BCUT2D eigenvalue weighted by molar-refractivity contribution is 0.266. The molecule has 13 heavy (non-hydrogen) atoms. The normalized spacial score (nSPS) is 13.5. The lowest BCUT2D eigenvalue weighted by Crippen LogP contribution is -2.22. The average Bonchev–Trinajstić information content (AvgIpc) is 2.10. The molecular weight excluding hydrogens is 186 g/mol. The number of unbranched alkanes of at least 4 members (excludes halogenated alkanes) is 1. The largest absolute Gasteiger partial charge is 0.395 e. The standard InChI is InChI=1S/C10H19NO.ClH/c1-2-3-4-5-6-7-8-10(11)9-12;/h4-7,10,12H,2-3,8-9,11H2,1H3;1H/b5-4+,7-6+;. The van der Waals surface area contributed by atoms with Crippen LogP contribution in [0.2, 0.25) is 0 Å². The maximum Gasteiger partial charge on any atom is 0.0585 e. The Morgan fingerprint density at radius 1 is 1.31 bits per heavy atom. The SMILES string of the molecule is CCC/C=C/C=C/CC(N)CO.Cl. The fourth-order valence-corrected chi connectivity index (χ4v) is 0.748. The number of aliphatic hydroxyl groups excluding tert-OH is 1. The van der Waals surface area contributed by atoms with Gasteiger partial charge in [0, 0.05) is 6.04 Å². The van der Waals surface area contributed by atoms with Gasteiger partial charge in [-0.15, -0.1) is 12.4 Å². The van der Waals surface area contributed by atoms with Gasteiger partial charge >= 0.3 is 0 Å². The fraction of sp³-hybridized carbons (Fsp3) is 0.600. The van der Waals surface area contributed by atoms with Gasteiger partial charge in [-0.25, -0.2) is 0 Å². The van der Waals surface area contributed by atoms with Crippen LogP contribution in [-0.4, -0.2) is 17.8 Å². The summed E-state index contributed by atoms with van der Waals surface area (Å²) in [7, 11) is 0. The molecule has 1 unspecified atom stereocenters. The van der Waals surface area contributed by atoms with E-state index >= 15 is 0 Å². The summed E-state index contributed by atoms with van der Waals surface area (Å²) in [4.78, 5) is 0. The second kappa shape index (κ2) is 11.7. The Bertz CT molecular complexity index is 146. The van der Waals surface area contributed by atoms with E-state index in [2.05, 4.69) is 13.0 Å². The number of hydrogen-bond acceptors (Lipinski definition) is 2. The zero-order valence-electron chi connectivity index (χ0n) is 8.15.